The third-order valence-electron chi connectivity index (χ3n) is 7.18. The van der Waals surface area contributed by atoms with E-state index >= 15 is 0 Å². The van der Waals surface area contributed by atoms with Crippen molar-refractivity contribution in [3.63, 3.8) is 0 Å². The van der Waals surface area contributed by atoms with Crippen molar-refractivity contribution < 1.29 is 33.0 Å². The number of aryl methyl sites for hydroxylation is 1. The van der Waals surface area contributed by atoms with Crippen LogP contribution in [0.3, 0.4) is 0 Å². The van der Waals surface area contributed by atoms with Gasteiger partial charge in [0.05, 0.1) is 18.5 Å². The maximum atomic E-state index is 14.1. The monoisotopic (exact) mass is 652 g/mol. The molecule has 1 fully saturated rings. The van der Waals surface area contributed by atoms with Gasteiger partial charge in [0.2, 0.25) is 11.5 Å². The van der Waals surface area contributed by atoms with Crippen LogP contribution >= 0.6 is 30.8 Å². The number of para-hydroxylation sites is 1. The molecule has 13 nitrogen and oxygen atoms in total. The molecule has 43 heavy (non-hydrogen) atoms. The summed E-state index contributed by atoms with van der Waals surface area (Å²) in [5.74, 6) is -0.984. The van der Waals surface area contributed by atoms with Gasteiger partial charge in [0.1, 0.15) is 41.1 Å². The van der Waals surface area contributed by atoms with Crippen LogP contribution in [0, 0.1) is 17.2 Å². The highest BCUT2D eigenvalue weighted by Gasteiger charge is 2.67. The Labute approximate surface area is 257 Å². The summed E-state index contributed by atoms with van der Waals surface area (Å²) in [6.45, 7) is 3.79. The fourth-order valence-electron chi connectivity index (χ4n) is 4.66. The molecular weight excluding hydrogens is 622 g/mol. The number of nitriles is 1. The number of aliphatic hydroxyl groups is 1. The van der Waals surface area contributed by atoms with Crippen molar-refractivity contribution in [3.8, 4) is 11.8 Å². The molecular formula is C27H31Cl2N6O7P. The van der Waals surface area contributed by atoms with Gasteiger partial charge in [0.15, 0.2) is 10.2 Å². The highest BCUT2D eigenvalue weighted by Crippen LogP contribution is 2.56. The van der Waals surface area contributed by atoms with Gasteiger partial charge in [0.25, 0.3) is 0 Å². The first-order valence-corrected chi connectivity index (χ1v) is 15.7. The number of nitrogens with two attached hydrogens (primary N) is 2. The highest BCUT2D eigenvalue weighted by molar-refractivity contribution is 7.54. The molecule has 16 heteroatoms. The van der Waals surface area contributed by atoms with Crippen molar-refractivity contribution in [1.29, 1.82) is 5.26 Å². The highest BCUT2D eigenvalue weighted by atomic mass is 35.5. The van der Waals surface area contributed by atoms with Gasteiger partial charge in [-0.3, -0.25) is 9.32 Å². The normalized spacial score (nSPS) is 23.4. The maximum Gasteiger partial charge on any atom is 0.380 e. The predicted octanol–water partition coefficient (Wildman–Crippen LogP) is 3.58. The van der Waals surface area contributed by atoms with E-state index in [1.54, 1.807) is 31.2 Å². The molecule has 0 bridgehead atoms. The number of alkyl halides is 2. The van der Waals surface area contributed by atoms with Crippen molar-refractivity contribution in [3.05, 3.63) is 47.7 Å². The second kappa shape index (κ2) is 12.4. The first kappa shape index (κ1) is 32.7. The maximum absolute atomic E-state index is 14.1. The smallest absolute Gasteiger partial charge is 0.380 e. The third kappa shape index (κ3) is 6.36. The number of carbonyl (C=O) groups is 2. The Hall–Kier alpha value is -3.24. The zero-order valence-corrected chi connectivity index (χ0v) is 26.0. The number of benzene rings is 1. The number of ether oxygens (including phenoxy) is 1. The van der Waals surface area contributed by atoms with Crippen molar-refractivity contribution in [1.82, 2.24) is 14.6 Å². The standard InChI is InChI=1S/C27H31Cl2N6O7P/c1-15(17(3)37)13-43(39,42-20-7-5-4-6-18(20)9-8-16(2)36)40-12-21-23(38)27(28,29)26(14-30,41-21)22-11-10-19-24(31)33-25(32)34-35(19)22/h4-7,10-11,15,21,23,38H,8-9,12-13H2,1-3H3,(H4,31,32,33,34)/t15-,21-,23+,26+,43?/m1/s1. The fourth-order valence-corrected chi connectivity index (χ4v) is 7.32. The summed E-state index contributed by atoms with van der Waals surface area (Å²) in [6.07, 6.45) is -2.87. The zero-order valence-electron chi connectivity index (χ0n) is 23.6. The zero-order chi connectivity index (χ0) is 31.7. The molecule has 0 spiro atoms. The predicted molar refractivity (Wildman–Crippen MR) is 159 cm³/mol. The van der Waals surface area contributed by atoms with E-state index in [1.807, 2.05) is 6.07 Å². The van der Waals surface area contributed by atoms with Gasteiger partial charge in [-0.2, -0.15) is 10.2 Å². The minimum Gasteiger partial charge on any atom is -0.424 e. The first-order chi connectivity index (χ1) is 20.1. The minimum absolute atomic E-state index is 0.00128. The summed E-state index contributed by atoms with van der Waals surface area (Å²) in [7, 11) is -4.13. The van der Waals surface area contributed by atoms with Gasteiger partial charge in [-0.25, -0.2) is 9.08 Å². The van der Waals surface area contributed by atoms with Crippen LogP contribution in [0.5, 0.6) is 5.75 Å². The molecule has 4 rings (SSSR count). The summed E-state index contributed by atoms with van der Waals surface area (Å²) in [6, 6.07) is 11.6. The fraction of sp³-hybridized carbons (Fsp3) is 0.444. The molecule has 2 aromatic heterocycles. The topological polar surface area (TPSA) is 205 Å². The minimum atomic E-state index is -4.13. The molecule has 0 saturated carbocycles. The summed E-state index contributed by atoms with van der Waals surface area (Å²) in [5, 5.41) is 25.6. The molecule has 0 amide bonds. The molecule has 3 aromatic rings. The van der Waals surface area contributed by atoms with E-state index in [0.717, 1.165) is 0 Å². The number of nitrogen functional groups attached to an aromatic ring is 2. The molecule has 1 saturated heterocycles. The van der Waals surface area contributed by atoms with Crippen molar-refractivity contribution in [2.75, 3.05) is 24.2 Å². The number of nitrogens with zero attached hydrogens (tertiary/aromatic N) is 4. The van der Waals surface area contributed by atoms with Crippen LogP contribution in [0.2, 0.25) is 0 Å². The lowest BCUT2D eigenvalue weighted by atomic mass is 9.94. The number of carbonyl (C=O) groups excluding carboxylic acids is 2. The number of halogens is 2. The molecule has 0 aliphatic carbocycles. The Morgan fingerprint density at radius 2 is 1.95 bits per heavy atom. The van der Waals surface area contributed by atoms with Gasteiger partial charge in [-0.15, -0.1) is 5.10 Å². The first-order valence-electron chi connectivity index (χ1n) is 13.2. The Bertz CT molecular complexity index is 1640. The van der Waals surface area contributed by atoms with Crippen LogP contribution in [-0.2, 0) is 35.4 Å². The van der Waals surface area contributed by atoms with E-state index in [1.165, 1.54) is 30.5 Å². The van der Waals surface area contributed by atoms with Crippen LogP contribution in [-0.4, -0.2) is 60.6 Å². The number of anilines is 2. The molecule has 1 aliphatic heterocycles. The Morgan fingerprint density at radius 1 is 1.26 bits per heavy atom. The summed E-state index contributed by atoms with van der Waals surface area (Å²) in [4.78, 5) is 27.6. The molecule has 5 atom stereocenters. The average Bonchev–Trinajstić information content (AvgIpc) is 3.44. The van der Waals surface area contributed by atoms with Gasteiger partial charge in [0, 0.05) is 12.3 Å². The van der Waals surface area contributed by atoms with E-state index in [4.69, 9.17) is 48.5 Å². The van der Waals surface area contributed by atoms with Gasteiger partial charge >= 0.3 is 7.60 Å². The Morgan fingerprint density at radius 3 is 2.60 bits per heavy atom. The van der Waals surface area contributed by atoms with Gasteiger partial charge in [-0.1, -0.05) is 48.3 Å². The lowest BCUT2D eigenvalue weighted by Crippen LogP contribution is -2.45. The molecule has 1 aliphatic rings. The number of aliphatic hydroxyl groups excluding tert-OH is 1. The van der Waals surface area contributed by atoms with E-state index in [0.29, 0.717) is 12.0 Å². The number of ketones is 2. The number of rotatable bonds is 12. The number of hydrogen-bond acceptors (Lipinski definition) is 12. The van der Waals surface area contributed by atoms with Crippen LogP contribution in [0.1, 0.15) is 38.4 Å². The Kier molecular flexibility index (Phi) is 9.42. The van der Waals surface area contributed by atoms with Crippen LogP contribution < -0.4 is 16.0 Å². The summed E-state index contributed by atoms with van der Waals surface area (Å²) < 4.78 is 30.8. The third-order valence-corrected chi connectivity index (χ3v) is 10.2. The van der Waals surface area contributed by atoms with Crippen LogP contribution in [0.15, 0.2) is 36.4 Å². The lowest BCUT2D eigenvalue weighted by Gasteiger charge is -2.30. The molecule has 5 N–H and O–H groups in total. The SMILES string of the molecule is CC(=O)CCc1ccccc1OP(=O)(C[C@@H](C)C(C)=O)OC[C@H]1O[C@@](C#N)(c2ccc3c(N)nc(N)nn23)C(Cl)(Cl)[C@H]1O. The Balaban J connectivity index is 1.66. The second-order valence-corrected chi connectivity index (χ2v) is 13.8. The summed E-state index contributed by atoms with van der Waals surface area (Å²) >= 11 is 13.2. The number of hydrogen-bond donors (Lipinski definition) is 3. The van der Waals surface area contributed by atoms with Crippen molar-refractivity contribution in [2.24, 2.45) is 5.92 Å². The number of fused-ring (bicyclic) bond motifs is 1. The molecule has 0 radical (unpaired) electrons. The van der Waals surface area contributed by atoms with Gasteiger partial charge in [-0.05, 0) is 44.0 Å². The number of Topliss-reactive ketones (excluding diaryl/α,β-unsaturated/α-hetero) is 2. The van der Waals surface area contributed by atoms with Crippen LogP contribution in [0.4, 0.5) is 11.8 Å². The van der Waals surface area contributed by atoms with Crippen molar-refractivity contribution in [2.45, 2.75) is 55.8 Å². The van der Waals surface area contributed by atoms with Gasteiger partial charge < -0.3 is 30.6 Å². The molecule has 3 heterocycles. The van der Waals surface area contributed by atoms with E-state index in [9.17, 15) is 24.5 Å². The van der Waals surface area contributed by atoms with E-state index in [-0.39, 0.29) is 52.9 Å². The molecule has 230 valence electrons. The molecule has 1 unspecified atom stereocenters. The van der Waals surface area contributed by atoms with Crippen LogP contribution in [0.25, 0.3) is 5.52 Å². The van der Waals surface area contributed by atoms with Crippen molar-refractivity contribution >= 4 is 59.6 Å². The van der Waals surface area contributed by atoms with E-state index in [2.05, 4.69) is 10.1 Å². The lowest BCUT2D eigenvalue weighted by molar-refractivity contribution is -0.120. The summed E-state index contributed by atoms with van der Waals surface area (Å²) in [5.41, 5.74) is 10.4. The average molecular weight is 653 g/mol. The molecule has 1 aromatic carbocycles. The largest absolute Gasteiger partial charge is 0.424 e. The van der Waals surface area contributed by atoms with E-state index < -0.39 is 42.3 Å². The number of aromatic nitrogens is 3. The quantitative estimate of drug-likeness (QED) is 0.190. The second-order valence-electron chi connectivity index (χ2n) is 10.4.